The molecule has 0 saturated carbocycles. The number of hydrogen-bond acceptors (Lipinski definition) is 5. The van der Waals surface area contributed by atoms with E-state index in [2.05, 4.69) is 34.4 Å². The van der Waals surface area contributed by atoms with Crippen molar-refractivity contribution in [3.05, 3.63) is 112 Å². The van der Waals surface area contributed by atoms with E-state index in [0.717, 1.165) is 37.4 Å². The molecule has 7 heteroatoms. The van der Waals surface area contributed by atoms with Crippen LogP contribution in [0.25, 0.3) is 21.8 Å². The molecule has 4 aromatic carbocycles. The zero-order valence-electron chi connectivity index (χ0n) is 22.8. The lowest BCUT2D eigenvalue weighted by atomic mass is 10.1. The highest BCUT2D eigenvalue weighted by Crippen LogP contribution is 2.21. The Labute approximate surface area is 233 Å². The zero-order chi connectivity index (χ0) is 27.9. The molecule has 0 bridgehead atoms. The lowest BCUT2D eigenvalue weighted by Crippen LogP contribution is -2.23. The van der Waals surface area contributed by atoms with Gasteiger partial charge in [0.25, 0.3) is 5.91 Å². The van der Waals surface area contributed by atoms with Crippen molar-refractivity contribution in [1.29, 1.82) is 0 Å². The molecule has 0 atom stereocenters. The van der Waals surface area contributed by atoms with Gasteiger partial charge in [-0.3, -0.25) is 9.59 Å². The van der Waals surface area contributed by atoms with Gasteiger partial charge < -0.3 is 24.7 Å². The maximum Gasteiger partial charge on any atom is 0.257 e. The van der Waals surface area contributed by atoms with Gasteiger partial charge in [0.2, 0.25) is 0 Å². The lowest BCUT2D eigenvalue weighted by Gasteiger charge is -2.17. The molecule has 204 valence electrons. The second kappa shape index (κ2) is 12.5. The summed E-state index contributed by atoms with van der Waals surface area (Å²) in [7, 11) is 3.80. The van der Waals surface area contributed by atoms with Crippen LogP contribution >= 0.6 is 0 Å². The number of aromatic nitrogens is 1. The number of nitrogens with one attached hydrogen (secondary N) is 2. The van der Waals surface area contributed by atoms with Crippen LogP contribution in [0.5, 0.6) is 11.5 Å². The third-order valence-electron chi connectivity index (χ3n) is 6.99. The monoisotopic (exact) mass is 535 g/mol. The number of nitrogens with zero attached hydrogens (tertiary/aromatic N) is 1. The van der Waals surface area contributed by atoms with Crippen LogP contribution in [0.15, 0.2) is 95.8 Å². The molecule has 0 saturated heterocycles. The fourth-order valence-electron chi connectivity index (χ4n) is 4.72. The Morgan fingerprint density at radius 1 is 0.850 bits per heavy atom. The second-order valence-electron chi connectivity index (χ2n) is 9.81. The van der Waals surface area contributed by atoms with E-state index >= 15 is 0 Å². The van der Waals surface area contributed by atoms with Crippen molar-refractivity contribution in [2.45, 2.75) is 12.8 Å². The highest BCUT2D eigenvalue weighted by Gasteiger charge is 2.14. The van der Waals surface area contributed by atoms with Crippen molar-refractivity contribution in [3.8, 4) is 11.5 Å². The minimum atomic E-state index is -0.289. The molecule has 0 radical (unpaired) electrons. The quantitative estimate of drug-likeness (QED) is 0.163. The maximum atomic E-state index is 13.1. The van der Waals surface area contributed by atoms with Gasteiger partial charge in [-0.05, 0) is 86.1 Å². The molecule has 1 amide bonds. The topological polar surface area (TPSA) is 83.7 Å². The third-order valence-corrected chi connectivity index (χ3v) is 6.99. The molecule has 0 aliphatic heterocycles. The summed E-state index contributed by atoms with van der Waals surface area (Å²) >= 11 is 0. The van der Waals surface area contributed by atoms with Crippen LogP contribution in [-0.2, 0) is 6.42 Å². The number of carbonyl (C=O) groups excluding carboxylic acids is 1. The van der Waals surface area contributed by atoms with Crippen molar-refractivity contribution in [3.63, 3.8) is 0 Å². The summed E-state index contributed by atoms with van der Waals surface area (Å²) in [5, 5.41) is 4.02. The summed E-state index contributed by atoms with van der Waals surface area (Å²) in [5.74, 6) is 1.34. The highest BCUT2D eigenvalue weighted by molar-refractivity contribution is 6.13. The van der Waals surface area contributed by atoms with Crippen LogP contribution in [0.3, 0.4) is 0 Å². The van der Waals surface area contributed by atoms with Gasteiger partial charge in [-0.1, -0.05) is 30.3 Å². The predicted octanol–water partition coefficient (Wildman–Crippen LogP) is 5.89. The van der Waals surface area contributed by atoms with E-state index in [-0.39, 0.29) is 11.3 Å². The van der Waals surface area contributed by atoms with E-state index in [1.165, 1.54) is 5.56 Å². The van der Waals surface area contributed by atoms with Gasteiger partial charge in [-0.25, -0.2) is 0 Å². The van der Waals surface area contributed by atoms with Crippen LogP contribution in [0.1, 0.15) is 22.3 Å². The first-order chi connectivity index (χ1) is 19.5. The number of methoxy groups -OCH3 is 1. The first-order valence-electron chi connectivity index (χ1n) is 13.4. The Morgan fingerprint density at radius 2 is 1.57 bits per heavy atom. The number of likely N-dealkylation sites (N-methyl/N-ethyl adjacent to an activating group) is 1. The van der Waals surface area contributed by atoms with Gasteiger partial charge in [0.15, 0.2) is 5.43 Å². The number of aromatic amines is 1. The second-order valence-corrected chi connectivity index (χ2v) is 9.81. The number of H-pyrrole nitrogens is 1. The summed E-state index contributed by atoms with van der Waals surface area (Å²) < 4.78 is 11.1. The van der Waals surface area contributed by atoms with Crippen molar-refractivity contribution < 1.29 is 14.3 Å². The van der Waals surface area contributed by atoms with E-state index < -0.39 is 0 Å². The molecule has 7 nitrogen and oxygen atoms in total. The Hall–Kier alpha value is -4.62. The van der Waals surface area contributed by atoms with Crippen LogP contribution in [0.4, 0.5) is 5.69 Å². The zero-order valence-corrected chi connectivity index (χ0v) is 22.8. The van der Waals surface area contributed by atoms with Crippen molar-refractivity contribution in [1.82, 2.24) is 9.88 Å². The van der Waals surface area contributed by atoms with Gasteiger partial charge in [-0.15, -0.1) is 0 Å². The van der Waals surface area contributed by atoms with Gasteiger partial charge in [0.05, 0.1) is 24.8 Å². The first-order valence-corrected chi connectivity index (χ1v) is 13.4. The molecule has 2 N–H and O–H groups in total. The molecule has 0 unspecified atom stereocenters. The fraction of sp³-hybridized carbons (Fsp3) is 0.212. The molecule has 0 aliphatic rings. The normalized spacial score (nSPS) is 11.2. The summed E-state index contributed by atoms with van der Waals surface area (Å²) in [6.45, 7) is 2.52. The molecule has 1 heterocycles. The average molecular weight is 536 g/mol. The first kappa shape index (κ1) is 27.0. The number of ether oxygens (including phenoxy) is 2. The van der Waals surface area contributed by atoms with Gasteiger partial charge in [-0.2, -0.15) is 0 Å². The highest BCUT2D eigenvalue weighted by atomic mass is 16.5. The van der Waals surface area contributed by atoms with Crippen LogP contribution in [0, 0.1) is 0 Å². The van der Waals surface area contributed by atoms with Gasteiger partial charge in [0, 0.05) is 35.1 Å². The summed E-state index contributed by atoms with van der Waals surface area (Å²) in [5.41, 5.74) is 3.48. The number of hydrogen-bond donors (Lipinski definition) is 2. The van der Waals surface area contributed by atoms with Crippen molar-refractivity contribution in [2.24, 2.45) is 0 Å². The van der Waals surface area contributed by atoms with Crippen LogP contribution < -0.4 is 20.2 Å². The largest absolute Gasteiger partial charge is 0.497 e. The van der Waals surface area contributed by atoms with Crippen molar-refractivity contribution >= 4 is 33.4 Å². The molecular weight excluding hydrogens is 502 g/mol. The smallest absolute Gasteiger partial charge is 0.257 e. The SMILES string of the molecule is COc1ccc(CCN(C)CCCOc2ccc(NC(=O)c3cccc4c(=O)c5ccccc5[nH]c34)cc2)cc1. The molecule has 0 aliphatic carbocycles. The Balaban J connectivity index is 1.12. The summed E-state index contributed by atoms with van der Waals surface area (Å²) in [4.78, 5) is 31.6. The number of amides is 1. The molecule has 5 rings (SSSR count). The Bertz CT molecular complexity index is 1660. The Morgan fingerprint density at radius 3 is 2.35 bits per heavy atom. The summed E-state index contributed by atoms with van der Waals surface area (Å²) in [6, 6.07) is 28.0. The number of rotatable bonds is 11. The molecule has 0 spiro atoms. The van der Waals surface area contributed by atoms with Crippen molar-refractivity contribution in [2.75, 3.05) is 39.2 Å². The molecule has 40 heavy (non-hydrogen) atoms. The van der Waals surface area contributed by atoms with E-state index in [9.17, 15) is 9.59 Å². The van der Waals surface area contributed by atoms with E-state index in [1.807, 2.05) is 54.6 Å². The third kappa shape index (κ3) is 6.33. The maximum absolute atomic E-state index is 13.1. The van der Waals surface area contributed by atoms with Crippen LogP contribution in [0.2, 0.25) is 0 Å². The number of fused-ring (bicyclic) bond motifs is 2. The number of carbonyl (C=O) groups is 1. The van der Waals surface area contributed by atoms with E-state index in [0.29, 0.717) is 39.7 Å². The standard InChI is InChI=1S/C33H33N3O4/c1-36(21-19-23-11-15-25(39-2)16-12-23)20-6-22-40-26-17-13-24(14-18-26)34-33(38)29-9-5-8-28-31(29)35-30-10-4-3-7-27(30)32(28)37/h3-5,7-18H,6,19-22H2,1-2H3,(H,34,38)(H,35,37). The van der Waals surface area contributed by atoms with Gasteiger partial charge >= 0.3 is 0 Å². The van der Waals surface area contributed by atoms with E-state index in [1.54, 1.807) is 31.4 Å². The Kier molecular flexibility index (Phi) is 8.42. The minimum absolute atomic E-state index is 0.0936. The molecule has 0 fully saturated rings. The molecule has 5 aromatic rings. The average Bonchev–Trinajstić information content (AvgIpc) is 2.99. The van der Waals surface area contributed by atoms with E-state index in [4.69, 9.17) is 9.47 Å². The number of anilines is 1. The lowest BCUT2D eigenvalue weighted by molar-refractivity contribution is 0.102. The summed E-state index contributed by atoms with van der Waals surface area (Å²) in [6.07, 6.45) is 1.89. The van der Waals surface area contributed by atoms with Crippen LogP contribution in [-0.4, -0.2) is 49.6 Å². The molecular formula is C33H33N3O4. The number of para-hydroxylation sites is 2. The fourth-order valence-corrected chi connectivity index (χ4v) is 4.72. The minimum Gasteiger partial charge on any atom is -0.497 e. The predicted molar refractivity (Wildman–Crippen MR) is 161 cm³/mol. The number of benzene rings is 4. The van der Waals surface area contributed by atoms with Gasteiger partial charge in [0.1, 0.15) is 11.5 Å². The molecule has 1 aromatic heterocycles. The number of pyridine rings is 1.